The van der Waals surface area contributed by atoms with Crippen molar-refractivity contribution in [2.45, 2.75) is 25.8 Å². The summed E-state index contributed by atoms with van der Waals surface area (Å²) in [6.45, 7) is 1.86. The van der Waals surface area contributed by atoms with E-state index in [1.54, 1.807) is 24.3 Å². The molecule has 0 fully saturated rings. The Morgan fingerprint density at radius 1 is 1.33 bits per heavy atom. The quantitative estimate of drug-likeness (QED) is 0.770. The SMILES string of the molecule is CCCC(NC(=O)Nc1ccc(Cl)cc1)C(=O)O. The lowest BCUT2D eigenvalue weighted by molar-refractivity contribution is -0.139. The van der Waals surface area contributed by atoms with Crippen molar-refractivity contribution < 1.29 is 14.7 Å². The molecule has 98 valence electrons. The van der Waals surface area contributed by atoms with Crippen LogP contribution in [0.4, 0.5) is 10.5 Å². The number of halogens is 1. The number of urea groups is 1. The number of carboxylic acids is 1. The Bertz CT molecular complexity index is 420. The van der Waals surface area contributed by atoms with Gasteiger partial charge in [0.05, 0.1) is 0 Å². The highest BCUT2D eigenvalue weighted by Crippen LogP contribution is 2.13. The van der Waals surface area contributed by atoms with Gasteiger partial charge in [0.1, 0.15) is 6.04 Å². The summed E-state index contributed by atoms with van der Waals surface area (Å²) in [4.78, 5) is 22.4. The summed E-state index contributed by atoms with van der Waals surface area (Å²) in [5, 5.41) is 14.4. The molecule has 0 bridgehead atoms. The van der Waals surface area contributed by atoms with Gasteiger partial charge in [0.15, 0.2) is 0 Å². The van der Waals surface area contributed by atoms with E-state index in [0.29, 0.717) is 23.6 Å². The summed E-state index contributed by atoms with van der Waals surface area (Å²) in [6, 6.07) is 5.13. The smallest absolute Gasteiger partial charge is 0.326 e. The number of hydrogen-bond acceptors (Lipinski definition) is 2. The number of carbonyl (C=O) groups is 2. The maximum absolute atomic E-state index is 11.6. The van der Waals surface area contributed by atoms with Crippen LogP contribution >= 0.6 is 11.6 Å². The lowest BCUT2D eigenvalue weighted by Crippen LogP contribution is -2.42. The van der Waals surface area contributed by atoms with Gasteiger partial charge in [0.25, 0.3) is 0 Å². The van der Waals surface area contributed by atoms with Crippen molar-refractivity contribution in [1.82, 2.24) is 5.32 Å². The average Bonchev–Trinajstić information content (AvgIpc) is 2.31. The first kappa shape index (κ1) is 14.3. The van der Waals surface area contributed by atoms with Gasteiger partial charge in [0.2, 0.25) is 0 Å². The van der Waals surface area contributed by atoms with Crippen LogP contribution in [0, 0.1) is 0 Å². The van der Waals surface area contributed by atoms with Crippen LogP contribution in [0.5, 0.6) is 0 Å². The predicted octanol–water partition coefficient (Wildman–Crippen LogP) is 2.71. The largest absolute Gasteiger partial charge is 0.480 e. The van der Waals surface area contributed by atoms with Gasteiger partial charge in [-0.1, -0.05) is 24.9 Å². The summed E-state index contributed by atoms with van der Waals surface area (Å²) in [5.74, 6) is -1.04. The van der Waals surface area contributed by atoms with Crippen LogP contribution < -0.4 is 10.6 Å². The zero-order chi connectivity index (χ0) is 13.5. The molecule has 1 rings (SSSR count). The van der Waals surface area contributed by atoms with Crippen LogP contribution in [0.3, 0.4) is 0 Å². The number of aliphatic carboxylic acids is 1. The highest BCUT2D eigenvalue weighted by Gasteiger charge is 2.18. The van der Waals surface area contributed by atoms with Crippen molar-refractivity contribution in [3.05, 3.63) is 29.3 Å². The van der Waals surface area contributed by atoms with E-state index in [1.807, 2.05) is 6.92 Å². The maximum Gasteiger partial charge on any atom is 0.326 e. The lowest BCUT2D eigenvalue weighted by Gasteiger charge is -2.14. The van der Waals surface area contributed by atoms with E-state index in [9.17, 15) is 9.59 Å². The van der Waals surface area contributed by atoms with Crippen molar-refractivity contribution in [3.8, 4) is 0 Å². The minimum Gasteiger partial charge on any atom is -0.480 e. The predicted molar refractivity (Wildman–Crippen MR) is 69.9 cm³/mol. The van der Waals surface area contributed by atoms with Gasteiger partial charge >= 0.3 is 12.0 Å². The third-order valence-electron chi connectivity index (χ3n) is 2.28. The number of amides is 2. The normalized spacial score (nSPS) is 11.7. The molecule has 0 heterocycles. The molecule has 0 aromatic heterocycles. The van der Waals surface area contributed by atoms with Crippen molar-refractivity contribution in [2.24, 2.45) is 0 Å². The van der Waals surface area contributed by atoms with E-state index < -0.39 is 18.0 Å². The molecule has 3 N–H and O–H groups in total. The molecule has 5 nitrogen and oxygen atoms in total. The Balaban J connectivity index is 2.54. The van der Waals surface area contributed by atoms with Crippen molar-refractivity contribution in [3.63, 3.8) is 0 Å². The highest BCUT2D eigenvalue weighted by atomic mass is 35.5. The minimum absolute atomic E-state index is 0.392. The fourth-order valence-corrected chi connectivity index (χ4v) is 1.53. The third-order valence-corrected chi connectivity index (χ3v) is 2.53. The van der Waals surface area contributed by atoms with E-state index in [4.69, 9.17) is 16.7 Å². The van der Waals surface area contributed by atoms with Crippen LogP contribution in [0.25, 0.3) is 0 Å². The number of carboxylic acid groups (broad SMARTS) is 1. The molecule has 0 aliphatic carbocycles. The van der Waals surface area contributed by atoms with E-state index in [-0.39, 0.29) is 0 Å². The minimum atomic E-state index is -1.04. The molecule has 2 amide bonds. The van der Waals surface area contributed by atoms with Gasteiger partial charge in [-0.05, 0) is 30.7 Å². The fraction of sp³-hybridized carbons (Fsp3) is 0.333. The Hall–Kier alpha value is -1.75. The Morgan fingerprint density at radius 2 is 1.94 bits per heavy atom. The summed E-state index contributed by atoms with van der Waals surface area (Å²) >= 11 is 5.71. The molecule has 1 unspecified atom stereocenters. The molecular weight excluding hydrogens is 256 g/mol. The summed E-state index contributed by atoms with van der Waals surface area (Å²) in [6.07, 6.45) is 1.07. The fourth-order valence-electron chi connectivity index (χ4n) is 1.40. The van der Waals surface area contributed by atoms with Gasteiger partial charge in [0, 0.05) is 10.7 Å². The summed E-state index contributed by atoms with van der Waals surface area (Å²) in [7, 11) is 0. The van der Waals surface area contributed by atoms with Gasteiger partial charge in [-0.15, -0.1) is 0 Å². The van der Waals surface area contributed by atoms with Crippen LogP contribution in [0.15, 0.2) is 24.3 Å². The van der Waals surface area contributed by atoms with Gasteiger partial charge in [-0.25, -0.2) is 9.59 Å². The number of nitrogens with one attached hydrogen (secondary N) is 2. The molecule has 0 saturated heterocycles. The second kappa shape index (κ2) is 6.86. The number of benzene rings is 1. The lowest BCUT2D eigenvalue weighted by atomic mass is 10.2. The van der Waals surface area contributed by atoms with Crippen molar-refractivity contribution in [2.75, 3.05) is 5.32 Å². The molecule has 0 aliphatic rings. The molecule has 1 aromatic carbocycles. The second-order valence-electron chi connectivity index (χ2n) is 3.78. The van der Waals surface area contributed by atoms with E-state index in [1.165, 1.54) is 0 Å². The van der Waals surface area contributed by atoms with Gasteiger partial charge in [-0.3, -0.25) is 0 Å². The molecule has 1 atom stereocenters. The topological polar surface area (TPSA) is 78.4 Å². The third kappa shape index (κ3) is 4.63. The van der Waals surface area contributed by atoms with Crippen LogP contribution in [0.2, 0.25) is 5.02 Å². The van der Waals surface area contributed by atoms with Crippen LogP contribution in [-0.2, 0) is 4.79 Å². The zero-order valence-corrected chi connectivity index (χ0v) is 10.7. The Kier molecular flexibility index (Phi) is 5.45. The first-order valence-electron chi connectivity index (χ1n) is 5.58. The summed E-state index contributed by atoms with van der Waals surface area (Å²) < 4.78 is 0. The highest BCUT2D eigenvalue weighted by molar-refractivity contribution is 6.30. The molecular formula is C12H15ClN2O3. The van der Waals surface area contributed by atoms with E-state index in [0.717, 1.165) is 0 Å². The number of rotatable bonds is 5. The van der Waals surface area contributed by atoms with Crippen molar-refractivity contribution >= 4 is 29.3 Å². The first-order chi connectivity index (χ1) is 8.52. The Morgan fingerprint density at radius 3 is 2.44 bits per heavy atom. The molecule has 0 radical (unpaired) electrons. The van der Waals surface area contributed by atoms with E-state index in [2.05, 4.69) is 10.6 Å². The van der Waals surface area contributed by atoms with Gasteiger partial charge in [-0.2, -0.15) is 0 Å². The first-order valence-corrected chi connectivity index (χ1v) is 5.96. The average molecular weight is 271 g/mol. The summed E-state index contributed by atoms with van der Waals surface area (Å²) in [5.41, 5.74) is 0.553. The molecule has 0 saturated carbocycles. The number of anilines is 1. The molecule has 1 aromatic rings. The number of carbonyl (C=O) groups excluding carboxylic acids is 1. The molecule has 18 heavy (non-hydrogen) atoms. The van der Waals surface area contributed by atoms with E-state index >= 15 is 0 Å². The van der Waals surface area contributed by atoms with Gasteiger partial charge < -0.3 is 15.7 Å². The zero-order valence-electron chi connectivity index (χ0n) is 9.94. The monoisotopic (exact) mass is 270 g/mol. The Labute approximate surface area is 110 Å². The molecule has 6 heteroatoms. The standard InChI is InChI=1S/C12H15ClN2O3/c1-2-3-10(11(16)17)15-12(18)14-9-6-4-8(13)5-7-9/h4-7,10H,2-3H2,1H3,(H,16,17)(H2,14,15,18). The number of hydrogen-bond donors (Lipinski definition) is 3. The molecule has 0 aliphatic heterocycles. The second-order valence-corrected chi connectivity index (χ2v) is 4.22. The van der Waals surface area contributed by atoms with Crippen molar-refractivity contribution in [1.29, 1.82) is 0 Å². The van der Waals surface area contributed by atoms with Crippen LogP contribution in [-0.4, -0.2) is 23.1 Å². The maximum atomic E-state index is 11.6. The van der Waals surface area contributed by atoms with Crippen LogP contribution in [0.1, 0.15) is 19.8 Å². The molecule has 0 spiro atoms.